The summed E-state index contributed by atoms with van der Waals surface area (Å²) in [4.78, 5) is 4.95. The smallest absolute Gasteiger partial charge is 0.124 e. The predicted octanol–water partition coefficient (Wildman–Crippen LogP) is 9.97. The minimum Gasteiger partial charge on any atom is -0.236 e. The molecule has 186 valence electrons. The molecule has 40 heavy (non-hydrogen) atoms. The Hall–Kier alpha value is -4.79. The lowest BCUT2D eigenvalue weighted by atomic mass is 9.70. The molecule has 9 rings (SSSR count). The summed E-state index contributed by atoms with van der Waals surface area (Å²) in [5, 5.41) is 1.06. The summed E-state index contributed by atoms with van der Waals surface area (Å²) in [5.74, 6) is 0. The number of hydrogen-bond donors (Lipinski definition) is 0. The molecule has 0 bridgehead atoms. The molecule has 2 aliphatic rings. The first kappa shape index (κ1) is 22.1. The van der Waals surface area contributed by atoms with Crippen LogP contribution in [0.3, 0.4) is 0 Å². The zero-order chi connectivity index (χ0) is 26.3. The van der Waals surface area contributed by atoms with E-state index in [1.165, 1.54) is 60.3 Å². The van der Waals surface area contributed by atoms with E-state index >= 15 is 0 Å². The minimum absolute atomic E-state index is 0.320. The fourth-order valence-corrected chi connectivity index (χ4v) is 8.16. The molecular weight excluding hydrogens is 502 g/mol. The van der Waals surface area contributed by atoms with Gasteiger partial charge >= 0.3 is 0 Å². The molecule has 2 heteroatoms. The van der Waals surface area contributed by atoms with E-state index in [9.17, 15) is 0 Å². The van der Waals surface area contributed by atoms with Crippen LogP contribution in [0.2, 0.25) is 0 Å². The Labute approximate surface area is 237 Å². The van der Waals surface area contributed by atoms with Gasteiger partial charge in [0.1, 0.15) is 5.01 Å². The predicted molar refractivity (Wildman–Crippen MR) is 167 cm³/mol. The highest BCUT2D eigenvalue weighted by atomic mass is 32.1. The SMILES string of the molecule is c1cc(-c2nc3ccccc3s2)cc(-c2cccc3c2-c2ccccc2C32c3ccccc3-c3ccccc32)c1. The zero-order valence-corrected chi connectivity index (χ0v) is 22.5. The van der Waals surface area contributed by atoms with Gasteiger partial charge in [-0.25, -0.2) is 4.98 Å². The van der Waals surface area contributed by atoms with E-state index < -0.39 is 0 Å². The maximum Gasteiger partial charge on any atom is 0.124 e. The number of thiazole rings is 1. The maximum atomic E-state index is 4.95. The van der Waals surface area contributed by atoms with Gasteiger partial charge in [-0.3, -0.25) is 0 Å². The first-order chi connectivity index (χ1) is 19.8. The molecule has 6 aromatic carbocycles. The van der Waals surface area contributed by atoms with E-state index in [1.54, 1.807) is 11.3 Å². The third-order valence-electron chi connectivity index (χ3n) is 8.74. The van der Waals surface area contributed by atoms with Crippen molar-refractivity contribution in [2.24, 2.45) is 0 Å². The lowest BCUT2D eigenvalue weighted by Gasteiger charge is -2.30. The number of benzene rings is 6. The van der Waals surface area contributed by atoms with Crippen molar-refractivity contribution in [3.8, 4) is 44.0 Å². The summed E-state index contributed by atoms with van der Waals surface area (Å²) in [6, 6.07) is 51.2. The minimum atomic E-state index is -0.320. The zero-order valence-electron chi connectivity index (χ0n) is 21.6. The second kappa shape index (κ2) is 8.11. The molecule has 1 nitrogen and oxygen atoms in total. The second-order valence-corrected chi connectivity index (χ2v) is 11.7. The highest BCUT2D eigenvalue weighted by Gasteiger charge is 2.51. The lowest BCUT2D eigenvalue weighted by molar-refractivity contribution is 0.794. The molecule has 0 fully saturated rings. The fraction of sp³-hybridized carbons (Fsp3) is 0.0263. The van der Waals surface area contributed by atoms with Gasteiger partial charge < -0.3 is 0 Å². The molecule has 0 amide bonds. The van der Waals surface area contributed by atoms with Gasteiger partial charge in [-0.1, -0.05) is 121 Å². The molecule has 0 saturated heterocycles. The highest BCUT2D eigenvalue weighted by Crippen LogP contribution is 2.63. The molecule has 1 heterocycles. The largest absolute Gasteiger partial charge is 0.236 e. The van der Waals surface area contributed by atoms with Crippen LogP contribution < -0.4 is 0 Å². The fourth-order valence-electron chi connectivity index (χ4n) is 7.20. The van der Waals surface area contributed by atoms with Gasteiger partial charge in [-0.2, -0.15) is 0 Å². The summed E-state index contributed by atoms with van der Waals surface area (Å²) in [6.07, 6.45) is 0. The van der Waals surface area contributed by atoms with E-state index in [1.807, 2.05) is 0 Å². The molecule has 1 aromatic heterocycles. The standard InChI is InChI=1S/C38H23NS/c1-4-17-30-27(13-1)28-14-2-5-18-31(28)38(30)32-19-6-3-15-29(32)36-26(16-10-20-33(36)38)24-11-9-12-25(23-24)37-39-34-21-7-8-22-35(34)40-37/h1-23H. The molecule has 0 aliphatic heterocycles. The van der Waals surface area contributed by atoms with E-state index in [4.69, 9.17) is 4.98 Å². The van der Waals surface area contributed by atoms with Crippen molar-refractivity contribution in [2.45, 2.75) is 5.41 Å². The van der Waals surface area contributed by atoms with Crippen LogP contribution in [0.15, 0.2) is 140 Å². The average molecular weight is 526 g/mol. The quantitative estimate of drug-likeness (QED) is 0.219. The van der Waals surface area contributed by atoms with Gasteiger partial charge in [-0.05, 0) is 73.8 Å². The Balaban J connectivity index is 1.32. The van der Waals surface area contributed by atoms with Crippen LogP contribution in [0.5, 0.6) is 0 Å². The van der Waals surface area contributed by atoms with Gasteiger partial charge in [0.05, 0.1) is 15.6 Å². The Morgan fingerprint density at radius 3 is 1.75 bits per heavy atom. The number of aromatic nitrogens is 1. The molecule has 0 radical (unpaired) electrons. The first-order valence-electron chi connectivity index (χ1n) is 13.7. The van der Waals surface area contributed by atoms with Crippen LogP contribution in [0.25, 0.3) is 54.2 Å². The van der Waals surface area contributed by atoms with Crippen molar-refractivity contribution in [3.63, 3.8) is 0 Å². The molecule has 0 unspecified atom stereocenters. The molecule has 0 N–H and O–H groups in total. The van der Waals surface area contributed by atoms with E-state index in [2.05, 4.69) is 140 Å². The summed E-state index contributed by atoms with van der Waals surface area (Å²) in [6.45, 7) is 0. The van der Waals surface area contributed by atoms with Gasteiger partial charge in [0.15, 0.2) is 0 Å². The third kappa shape index (κ3) is 2.79. The Bertz CT molecular complexity index is 2050. The molecule has 7 aromatic rings. The molecule has 1 spiro atoms. The van der Waals surface area contributed by atoms with Crippen LogP contribution in [-0.4, -0.2) is 4.98 Å². The van der Waals surface area contributed by atoms with Crippen LogP contribution >= 0.6 is 11.3 Å². The Kier molecular flexibility index (Phi) is 4.47. The Morgan fingerprint density at radius 1 is 0.450 bits per heavy atom. The van der Waals surface area contributed by atoms with Crippen molar-refractivity contribution < 1.29 is 0 Å². The molecular formula is C38H23NS. The average Bonchev–Trinajstić information content (AvgIpc) is 3.68. The summed E-state index contributed by atoms with van der Waals surface area (Å²) in [7, 11) is 0. The van der Waals surface area contributed by atoms with Crippen molar-refractivity contribution >= 4 is 21.6 Å². The summed E-state index contributed by atoms with van der Waals surface area (Å²) >= 11 is 1.76. The van der Waals surface area contributed by atoms with E-state index in [0.29, 0.717) is 0 Å². The van der Waals surface area contributed by atoms with Crippen molar-refractivity contribution in [1.82, 2.24) is 4.98 Å². The number of fused-ring (bicyclic) bond motifs is 11. The normalized spacial score (nSPS) is 13.7. The van der Waals surface area contributed by atoms with Crippen molar-refractivity contribution in [1.29, 1.82) is 0 Å². The van der Waals surface area contributed by atoms with Gasteiger partial charge in [-0.15, -0.1) is 11.3 Å². The van der Waals surface area contributed by atoms with Crippen LogP contribution in [0.1, 0.15) is 22.3 Å². The van der Waals surface area contributed by atoms with Crippen molar-refractivity contribution in [2.75, 3.05) is 0 Å². The first-order valence-corrected chi connectivity index (χ1v) is 14.5. The van der Waals surface area contributed by atoms with Gasteiger partial charge in [0, 0.05) is 5.56 Å². The van der Waals surface area contributed by atoms with Gasteiger partial charge in [0.25, 0.3) is 0 Å². The summed E-state index contributed by atoms with van der Waals surface area (Å²) < 4.78 is 1.22. The van der Waals surface area contributed by atoms with Crippen molar-refractivity contribution in [3.05, 3.63) is 162 Å². The number of hydrogen-bond acceptors (Lipinski definition) is 2. The van der Waals surface area contributed by atoms with Crippen LogP contribution in [-0.2, 0) is 5.41 Å². The number of nitrogens with zero attached hydrogens (tertiary/aromatic N) is 1. The number of para-hydroxylation sites is 1. The Morgan fingerprint density at radius 2 is 1.00 bits per heavy atom. The monoisotopic (exact) mass is 525 g/mol. The van der Waals surface area contributed by atoms with Crippen LogP contribution in [0, 0.1) is 0 Å². The van der Waals surface area contributed by atoms with Crippen LogP contribution in [0.4, 0.5) is 0 Å². The highest BCUT2D eigenvalue weighted by molar-refractivity contribution is 7.21. The second-order valence-electron chi connectivity index (χ2n) is 10.7. The lowest BCUT2D eigenvalue weighted by Crippen LogP contribution is -2.25. The molecule has 0 atom stereocenters. The molecule has 2 aliphatic carbocycles. The van der Waals surface area contributed by atoms with Gasteiger partial charge in [0.2, 0.25) is 0 Å². The maximum absolute atomic E-state index is 4.95. The third-order valence-corrected chi connectivity index (χ3v) is 9.82. The molecule has 0 saturated carbocycles. The number of rotatable bonds is 2. The topological polar surface area (TPSA) is 12.9 Å². The van der Waals surface area contributed by atoms with E-state index in [0.717, 1.165) is 16.1 Å². The van der Waals surface area contributed by atoms with E-state index in [-0.39, 0.29) is 5.41 Å². The summed E-state index contributed by atoms with van der Waals surface area (Å²) in [5.41, 5.74) is 15.2.